The number of rotatable bonds is 2. The third-order valence-corrected chi connectivity index (χ3v) is 2.47. The molecule has 2 N–H and O–H groups in total. The van der Waals surface area contributed by atoms with Gasteiger partial charge < -0.3 is 5.73 Å². The zero-order valence-electron chi connectivity index (χ0n) is 9.07. The second-order valence-corrected chi connectivity index (χ2v) is 3.74. The highest BCUT2D eigenvalue weighted by atomic mass is 15.2. The molecule has 0 bridgehead atoms. The Bertz CT molecular complexity index is 454. The van der Waals surface area contributed by atoms with Crippen molar-refractivity contribution in [3.63, 3.8) is 0 Å². The summed E-state index contributed by atoms with van der Waals surface area (Å²) in [5.41, 5.74) is 10.1. The SMILES string of the molecule is Cc1cn(C)nc1-c1ccc(CN)cc1. The van der Waals surface area contributed by atoms with Crippen molar-refractivity contribution in [2.45, 2.75) is 13.5 Å². The van der Waals surface area contributed by atoms with Gasteiger partial charge in [0.2, 0.25) is 0 Å². The molecule has 0 aliphatic heterocycles. The Balaban J connectivity index is 2.41. The largest absolute Gasteiger partial charge is 0.326 e. The van der Waals surface area contributed by atoms with E-state index in [0.717, 1.165) is 16.8 Å². The van der Waals surface area contributed by atoms with Crippen molar-refractivity contribution >= 4 is 0 Å². The van der Waals surface area contributed by atoms with Crippen LogP contribution in [-0.2, 0) is 13.6 Å². The summed E-state index contributed by atoms with van der Waals surface area (Å²) in [4.78, 5) is 0. The molecule has 0 radical (unpaired) electrons. The molecule has 0 saturated heterocycles. The lowest BCUT2D eigenvalue weighted by atomic mass is 10.1. The van der Waals surface area contributed by atoms with Crippen molar-refractivity contribution in [3.8, 4) is 11.3 Å². The Morgan fingerprint density at radius 2 is 1.93 bits per heavy atom. The number of aryl methyl sites for hydroxylation is 2. The van der Waals surface area contributed by atoms with E-state index in [4.69, 9.17) is 5.73 Å². The van der Waals surface area contributed by atoms with Gasteiger partial charge in [0, 0.05) is 25.4 Å². The van der Waals surface area contributed by atoms with Crippen molar-refractivity contribution in [2.75, 3.05) is 0 Å². The maximum absolute atomic E-state index is 5.55. The summed E-state index contributed by atoms with van der Waals surface area (Å²) in [6.45, 7) is 2.65. The average Bonchev–Trinajstić information content (AvgIpc) is 2.58. The minimum atomic E-state index is 0.585. The molecule has 0 amide bonds. The Hall–Kier alpha value is -1.61. The van der Waals surface area contributed by atoms with E-state index in [1.54, 1.807) is 0 Å². The van der Waals surface area contributed by atoms with E-state index in [0.29, 0.717) is 6.54 Å². The summed E-state index contributed by atoms with van der Waals surface area (Å²) in [6, 6.07) is 8.22. The van der Waals surface area contributed by atoms with Crippen molar-refractivity contribution in [1.82, 2.24) is 9.78 Å². The maximum Gasteiger partial charge on any atom is 0.0952 e. The summed E-state index contributed by atoms with van der Waals surface area (Å²) in [5, 5.41) is 4.42. The van der Waals surface area contributed by atoms with Crippen LogP contribution in [0.3, 0.4) is 0 Å². The molecule has 1 aromatic carbocycles. The van der Waals surface area contributed by atoms with Gasteiger partial charge in [0.05, 0.1) is 5.69 Å². The predicted octanol–water partition coefficient (Wildman–Crippen LogP) is 1.85. The average molecular weight is 201 g/mol. The van der Waals surface area contributed by atoms with Gasteiger partial charge in [0.1, 0.15) is 0 Å². The summed E-state index contributed by atoms with van der Waals surface area (Å²) in [5.74, 6) is 0. The third-order valence-electron chi connectivity index (χ3n) is 2.47. The fourth-order valence-corrected chi connectivity index (χ4v) is 1.69. The van der Waals surface area contributed by atoms with Crippen LogP contribution in [0.15, 0.2) is 30.5 Å². The fourth-order valence-electron chi connectivity index (χ4n) is 1.69. The minimum Gasteiger partial charge on any atom is -0.326 e. The summed E-state index contributed by atoms with van der Waals surface area (Å²) in [6.07, 6.45) is 2.02. The topological polar surface area (TPSA) is 43.8 Å². The second-order valence-electron chi connectivity index (χ2n) is 3.74. The molecule has 0 fully saturated rings. The highest BCUT2D eigenvalue weighted by molar-refractivity contribution is 5.62. The molecular formula is C12H15N3. The van der Waals surface area contributed by atoms with Crippen LogP contribution in [0.1, 0.15) is 11.1 Å². The van der Waals surface area contributed by atoms with E-state index in [9.17, 15) is 0 Å². The van der Waals surface area contributed by atoms with Crippen LogP contribution in [0.4, 0.5) is 0 Å². The first-order valence-electron chi connectivity index (χ1n) is 5.00. The molecule has 2 rings (SSSR count). The first-order chi connectivity index (χ1) is 7.20. The number of benzene rings is 1. The highest BCUT2D eigenvalue weighted by Crippen LogP contribution is 2.21. The quantitative estimate of drug-likeness (QED) is 0.806. The van der Waals surface area contributed by atoms with Gasteiger partial charge in [-0.15, -0.1) is 0 Å². The maximum atomic E-state index is 5.55. The minimum absolute atomic E-state index is 0.585. The molecule has 2 aromatic rings. The van der Waals surface area contributed by atoms with Crippen molar-refractivity contribution in [3.05, 3.63) is 41.6 Å². The number of nitrogens with two attached hydrogens (primary N) is 1. The third kappa shape index (κ3) is 1.92. The molecule has 3 nitrogen and oxygen atoms in total. The Morgan fingerprint density at radius 3 is 2.40 bits per heavy atom. The van der Waals surface area contributed by atoms with Crippen LogP contribution >= 0.6 is 0 Å². The summed E-state index contributed by atoms with van der Waals surface area (Å²) >= 11 is 0. The molecule has 0 aliphatic carbocycles. The van der Waals surface area contributed by atoms with Gasteiger partial charge in [0.15, 0.2) is 0 Å². The van der Waals surface area contributed by atoms with Crippen molar-refractivity contribution in [2.24, 2.45) is 12.8 Å². The van der Waals surface area contributed by atoms with Crippen LogP contribution in [0.2, 0.25) is 0 Å². The molecule has 0 atom stereocenters. The molecule has 0 spiro atoms. The van der Waals surface area contributed by atoms with Crippen molar-refractivity contribution < 1.29 is 0 Å². The fraction of sp³-hybridized carbons (Fsp3) is 0.250. The zero-order valence-corrected chi connectivity index (χ0v) is 9.07. The Labute approximate surface area is 89.5 Å². The van der Waals surface area contributed by atoms with Crippen LogP contribution in [0.25, 0.3) is 11.3 Å². The predicted molar refractivity (Wildman–Crippen MR) is 61.3 cm³/mol. The van der Waals surface area contributed by atoms with E-state index in [1.165, 1.54) is 5.56 Å². The van der Waals surface area contributed by atoms with Crippen molar-refractivity contribution in [1.29, 1.82) is 0 Å². The second kappa shape index (κ2) is 3.87. The van der Waals surface area contributed by atoms with Crippen LogP contribution in [-0.4, -0.2) is 9.78 Å². The lowest BCUT2D eigenvalue weighted by Gasteiger charge is -2.00. The van der Waals surface area contributed by atoms with E-state index < -0.39 is 0 Å². The molecule has 0 saturated carbocycles. The van der Waals surface area contributed by atoms with E-state index in [2.05, 4.69) is 24.2 Å². The first kappa shape index (κ1) is 9.93. The molecule has 0 aliphatic rings. The lowest BCUT2D eigenvalue weighted by molar-refractivity contribution is 0.770. The van der Waals surface area contributed by atoms with Gasteiger partial charge in [-0.25, -0.2) is 0 Å². The number of hydrogen-bond donors (Lipinski definition) is 1. The molecule has 3 heteroatoms. The monoisotopic (exact) mass is 201 g/mol. The van der Waals surface area contributed by atoms with Gasteiger partial charge in [-0.3, -0.25) is 4.68 Å². The smallest absolute Gasteiger partial charge is 0.0952 e. The lowest BCUT2D eigenvalue weighted by Crippen LogP contribution is -1.95. The molecule has 1 heterocycles. The molecular weight excluding hydrogens is 186 g/mol. The summed E-state index contributed by atoms with van der Waals surface area (Å²) < 4.78 is 1.83. The Kier molecular flexibility index (Phi) is 2.56. The Morgan fingerprint density at radius 1 is 1.27 bits per heavy atom. The zero-order chi connectivity index (χ0) is 10.8. The van der Waals surface area contributed by atoms with E-state index >= 15 is 0 Å². The van der Waals surface area contributed by atoms with Gasteiger partial charge in [0.25, 0.3) is 0 Å². The highest BCUT2D eigenvalue weighted by Gasteiger charge is 2.05. The molecule has 0 unspecified atom stereocenters. The van der Waals surface area contributed by atoms with E-state index in [1.807, 2.05) is 30.1 Å². The molecule has 15 heavy (non-hydrogen) atoms. The molecule has 1 aromatic heterocycles. The number of hydrogen-bond acceptors (Lipinski definition) is 2. The normalized spacial score (nSPS) is 10.6. The number of aromatic nitrogens is 2. The van der Waals surface area contributed by atoms with Gasteiger partial charge in [-0.1, -0.05) is 24.3 Å². The molecule has 78 valence electrons. The summed E-state index contributed by atoms with van der Waals surface area (Å²) in [7, 11) is 1.94. The van der Waals surface area contributed by atoms with Crippen LogP contribution < -0.4 is 5.73 Å². The van der Waals surface area contributed by atoms with Gasteiger partial charge >= 0.3 is 0 Å². The van der Waals surface area contributed by atoms with E-state index in [-0.39, 0.29) is 0 Å². The van der Waals surface area contributed by atoms with Crippen LogP contribution in [0.5, 0.6) is 0 Å². The standard InChI is InChI=1S/C12H15N3/c1-9-8-15(2)14-12(9)11-5-3-10(7-13)4-6-11/h3-6,8H,7,13H2,1-2H3. The number of nitrogens with zero attached hydrogens (tertiary/aromatic N) is 2. The van der Waals surface area contributed by atoms with Gasteiger partial charge in [-0.2, -0.15) is 5.10 Å². The first-order valence-corrected chi connectivity index (χ1v) is 5.00. The van der Waals surface area contributed by atoms with Crippen LogP contribution in [0, 0.1) is 6.92 Å². The van der Waals surface area contributed by atoms with Gasteiger partial charge in [-0.05, 0) is 18.1 Å².